The Kier molecular flexibility index (Phi) is 4.53. The van der Waals surface area contributed by atoms with Crippen LogP contribution in [0.3, 0.4) is 0 Å². The molecule has 7 heteroatoms. The van der Waals surface area contributed by atoms with Crippen LogP contribution >= 0.6 is 0 Å². The monoisotopic (exact) mass is 312 g/mol. The van der Waals surface area contributed by atoms with E-state index in [1.807, 2.05) is 6.92 Å². The van der Waals surface area contributed by atoms with E-state index in [1.54, 1.807) is 0 Å². The third kappa shape index (κ3) is 3.54. The summed E-state index contributed by atoms with van der Waals surface area (Å²) in [4.78, 5) is 10.9. The number of carboxylic acids is 1. The second-order valence-corrected chi connectivity index (χ2v) is 7.23. The quantitative estimate of drug-likeness (QED) is 0.735. The first-order chi connectivity index (χ1) is 9.81. The predicted molar refractivity (Wildman–Crippen MR) is 79.6 cm³/mol. The summed E-state index contributed by atoms with van der Waals surface area (Å²) in [5, 5.41) is 9.14. The number of anilines is 1. The zero-order valence-corrected chi connectivity index (χ0v) is 12.7. The van der Waals surface area contributed by atoms with Crippen molar-refractivity contribution in [2.75, 3.05) is 5.73 Å². The topological polar surface area (TPSA) is 109 Å². The molecule has 2 atom stereocenters. The molecule has 1 saturated carbocycles. The largest absolute Gasteiger partial charge is 0.478 e. The molecule has 1 fully saturated rings. The summed E-state index contributed by atoms with van der Waals surface area (Å²) in [6, 6.07) is 3.63. The fourth-order valence-electron chi connectivity index (χ4n) is 2.69. The third-order valence-electron chi connectivity index (χ3n) is 3.94. The van der Waals surface area contributed by atoms with Gasteiger partial charge < -0.3 is 10.8 Å². The van der Waals surface area contributed by atoms with E-state index in [0.717, 1.165) is 25.7 Å². The number of benzene rings is 1. The first-order valence-corrected chi connectivity index (χ1v) is 8.45. The molecule has 0 aromatic heterocycles. The Morgan fingerprint density at radius 1 is 1.33 bits per heavy atom. The van der Waals surface area contributed by atoms with Gasteiger partial charge in [0.15, 0.2) is 0 Å². The predicted octanol–water partition coefficient (Wildman–Crippen LogP) is 1.82. The lowest BCUT2D eigenvalue weighted by atomic mass is 9.87. The standard InChI is InChI=1S/C14H20N2O4S/c1-9-4-2-3-5-12(9)16-21(19,20)13-8-10(15)6-7-11(13)14(17)18/h6-9,12,16H,2-5,15H2,1H3,(H,17,18). The van der Waals surface area contributed by atoms with Gasteiger partial charge in [-0.05, 0) is 37.0 Å². The maximum absolute atomic E-state index is 12.5. The zero-order valence-electron chi connectivity index (χ0n) is 11.9. The van der Waals surface area contributed by atoms with Gasteiger partial charge in [0.25, 0.3) is 0 Å². The summed E-state index contributed by atoms with van der Waals surface area (Å²) in [6.45, 7) is 2.00. The Morgan fingerprint density at radius 2 is 2.00 bits per heavy atom. The van der Waals surface area contributed by atoms with Gasteiger partial charge >= 0.3 is 5.97 Å². The normalized spacial score (nSPS) is 22.9. The van der Waals surface area contributed by atoms with Crippen molar-refractivity contribution in [1.82, 2.24) is 4.72 Å². The van der Waals surface area contributed by atoms with Gasteiger partial charge in [0.1, 0.15) is 0 Å². The van der Waals surface area contributed by atoms with Crippen molar-refractivity contribution in [1.29, 1.82) is 0 Å². The molecule has 0 aliphatic heterocycles. The van der Waals surface area contributed by atoms with E-state index in [9.17, 15) is 13.2 Å². The molecule has 116 valence electrons. The number of sulfonamides is 1. The van der Waals surface area contributed by atoms with E-state index in [0.29, 0.717) is 0 Å². The Morgan fingerprint density at radius 3 is 2.62 bits per heavy atom. The van der Waals surface area contributed by atoms with E-state index in [-0.39, 0.29) is 28.1 Å². The summed E-state index contributed by atoms with van der Waals surface area (Å²) in [5.41, 5.74) is 5.56. The van der Waals surface area contributed by atoms with E-state index >= 15 is 0 Å². The van der Waals surface area contributed by atoms with Crippen molar-refractivity contribution in [2.45, 2.75) is 43.5 Å². The van der Waals surface area contributed by atoms with Crippen LogP contribution in [0.5, 0.6) is 0 Å². The molecule has 0 heterocycles. The van der Waals surface area contributed by atoms with Gasteiger partial charge in [-0.1, -0.05) is 19.8 Å². The Labute approximate surface area is 124 Å². The Balaban J connectivity index is 2.35. The molecule has 21 heavy (non-hydrogen) atoms. The molecule has 2 unspecified atom stereocenters. The molecule has 0 bridgehead atoms. The number of nitrogens with two attached hydrogens (primary N) is 1. The molecule has 0 radical (unpaired) electrons. The molecule has 0 spiro atoms. The lowest BCUT2D eigenvalue weighted by Gasteiger charge is -2.29. The molecule has 1 aliphatic rings. The number of carbonyl (C=O) groups is 1. The van der Waals surface area contributed by atoms with Gasteiger partial charge in [-0.3, -0.25) is 0 Å². The van der Waals surface area contributed by atoms with Crippen LogP contribution in [0.25, 0.3) is 0 Å². The van der Waals surface area contributed by atoms with Crippen molar-refractivity contribution in [3.63, 3.8) is 0 Å². The highest BCUT2D eigenvalue weighted by molar-refractivity contribution is 7.89. The second-order valence-electron chi connectivity index (χ2n) is 5.55. The summed E-state index contributed by atoms with van der Waals surface area (Å²) >= 11 is 0. The molecule has 6 nitrogen and oxygen atoms in total. The van der Waals surface area contributed by atoms with Gasteiger partial charge in [-0.2, -0.15) is 0 Å². The maximum atomic E-state index is 12.5. The highest BCUT2D eigenvalue weighted by Gasteiger charge is 2.29. The van der Waals surface area contributed by atoms with Crippen molar-refractivity contribution >= 4 is 21.7 Å². The maximum Gasteiger partial charge on any atom is 0.337 e. The molecule has 1 aromatic rings. The first kappa shape index (κ1) is 15.8. The van der Waals surface area contributed by atoms with E-state index in [2.05, 4.69) is 4.72 Å². The Bertz CT molecular complexity index is 642. The number of hydrogen-bond donors (Lipinski definition) is 3. The fourth-order valence-corrected chi connectivity index (χ4v) is 4.30. The van der Waals surface area contributed by atoms with Gasteiger partial charge in [0.05, 0.1) is 10.5 Å². The molecular weight excluding hydrogens is 292 g/mol. The lowest BCUT2D eigenvalue weighted by Crippen LogP contribution is -2.41. The number of rotatable bonds is 4. The van der Waals surface area contributed by atoms with Crippen LogP contribution in [0.4, 0.5) is 5.69 Å². The van der Waals surface area contributed by atoms with Gasteiger partial charge in [-0.15, -0.1) is 0 Å². The number of nitrogen functional groups attached to an aromatic ring is 1. The highest BCUT2D eigenvalue weighted by Crippen LogP contribution is 2.26. The lowest BCUT2D eigenvalue weighted by molar-refractivity contribution is 0.0692. The molecule has 0 saturated heterocycles. The minimum Gasteiger partial charge on any atom is -0.478 e. The number of aromatic carboxylic acids is 1. The second kappa shape index (κ2) is 6.03. The molecule has 0 amide bonds. The van der Waals surface area contributed by atoms with Crippen LogP contribution in [0.1, 0.15) is 43.0 Å². The summed E-state index contributed by atoms with van der Waals surface area (Å²) in [5.74, 6) is -1.05. The minimum absolute atomic E-state index is 0.160. The van der Waals surface area contributed by atoms with Gasteiger partial charge in [0, 0.05) is 11.7 Å². The molecule has 1 aliphatic carbocycles. The van der Waals surface area contributed by atoms with Crippen molar-refractivity contribution < 1.29 is 18.3 Å². The SMILES string of the molecule is CC1CCCCC1NS(=O)(=O)c1cc(N)ccc1C(=O)O. The van der Waals surface area contributed by atoms with E-state index in [1.165, 1.54) is 18.2 Å². The smallest absolute Gasteiger partial charge is 0.337 e. The summed E-state index contributed by atoms with van der Waals surface area (Å²) < 4.78 is 27.6. The van der Waals surface area contributed by atoms with Crippen LogP contribution in [-0.2, 0) is 10.0 Å². The van der Waals surface area contributed by atoms with Crippen LogP contribution in [0, 0.1) is 5.92 Å². The highest BCUT2D eigenvalue weighted by atomic mass is 32.2. The van der Waals surface area contributed by atoms with Crippen LogP contribution in [0.2, 0.25) is 0 Å². The molecule has 4 N–H and O–H groups in total. The zero-order chi connectivity index (χ0) is 15.6. The van der Waals surface area contributed by atoms with Gasteiger partial charge in [-0.25, -0.2) is 17.9 Å². The average Bonchev–Trinajstić information content (AvgIpc) is 2.41. The van der Waals surface area contributed by atoms with Crippen LogP contribution < -0.4 is 10.5 Å². The van der Waals surface area contributed by atoms with Crippen molar-refractivity contribution in [3.05, 3.63) is 23.8 Å². The Hall–Kier alpha value is -1.60. The molecule has 2 rings (SSSR count). The van der Waals surface area contributed by atoms with Gasteiger partial charge in [0.2, 0.25) is 10.0 Å². The third-order valence-corrected chi connectivity index (χ3v) is 5.47. The number of hydrogen-bond acceptors (Lipinski definition) is 4. The summed E-state index contributed by atoms with van der Waals surface area (Å²) in [7, 11) is -3.90. The van der Waals surface area contributed by atoms with Crippen molar-refractivity contribution in [3.8, 4) is 0 Å². The molecular formula is C14H20N2O4S. The van der Waals surface area contributed by atoms with E-state index in [4.69, 9.17) is 10.8 Å². The number of nitrogens with one attached hydrogen (secondary N) is 1. The van der Waals surface area contributed by atoms with Crippen LogP contribution in [0.15, 0.2) is 23.1 Å². The fraction of sp³-hybridized carbons (Fsp3) is 0.500. The average molecular weight is 312 g/mol. The minimum atomic E-state index is -3.90. The number of carboxylic acid groups (broad SMARTS) is 1. The van der Waals surface area contributed by atoms with Crippen molar-refractivity contribution in [2.24, 2.45) is 5.92 Å². The van der Waals surface area contributed by atoms with E-state index < -0.39 is 16.0 Å². The molecule has 1 aromatic carbocycles. The summed E-state index contributed by atoms with van der Waals surface area (Å²) in [6.07, 6.45) is 3.80. The van der Waals surface area contributed by atoms with Crippen LogP contribution in [-0.4, -0.2) is 25.5 Å². The first-order valence-electron chi connectivity index (χ1n) is 6.96.